The summed E-state index contributed by atoms with van der Waals surface area (Å²) in [6.07, 6.45) is 0. The summed E-state index contributed by atoms with van der Waals surface area (Å²) in [6.45, 7) is 12.4. The van der Waals surface area contributed by atoms with E-state index >= 15 is 0 Å². The lowest BCUT2D eigenvalue weighted by Gasteiger charge is -2.23. The van der Waals surface area contributed by atoms with E-state index in [1.165, 1.54) is 11.1 Å². The molecule has 0 unspecified atom stereocenters. The molecule has 5 rings (SSSR count). The molecule has 0 saturated heterocycles. The second-order valence-corrected chi connectivity index (χ2v) is 11.0. The zero-order chi connectivity index (χ0) is 28.7. The van der Waals surface area contributed by atoms with Gasteiger partial charge in [0.15, 0.2) is 0 Å². The highest BCUT2D eigenvalue weighted by Gasteiger charge is 2.10. The van der Waals surface area contributed by atoms with Crippen LogP contribution in [0.2, 0.25) is 0 Å². The topological polar surface area (TPSA) is 112 Å². The van der Waals surface area contributed by atoms with Crippen molar-refractivity contribution in [1.82, 2.24) is 51.5 Å². The van der Waals surface area contributed by atoms with Crippen LogP contribution in [0.3, 0.4) is 0 Å². The van der Waals surface area contributed by atoms with Gasteiger partial charge in [-0.2, -0.15) is 10.2 Å². The second-order valence-electron chi connectivity index (χ2n) is 11.0. The number of hydrogen-bond donors (Lipinski definition) is 6. The van der Waals surface area contributed by atoms with Gasteiger partial charge in [-0.3, -0.25) is 20.0 Å². The fraction of sp³-hybridized carbons (Fsp3) is 0.438. The van der Waals surface area contributed by atoms with E-state index in [4.69, 9.17) is 0 Å². The largest absolute Gasteiger partial charge is 0.310 e. The van der Waals surface area contributed by atoms with E-state index in [0.717, 1.165) is 114 Å². The summed E-state index contributed by atoms with van der Waals surface area (Å²) >= 11 is 0. The molecule has 0 amide bonds. The number of fused-ring (bicyclic) bond motifs is 4. The normalized spacial score (nSPS) is 17.9. The van der Waals surface area contributed by atoms with Crippen LogP contribution in [0.15, 0.2) is 72.8 Å². The van der Waals surface area contributed by atoms with Crippen LogP contribution in [0.4, 0.5) is 0 Å². The summed E-state index contributed by atoms with van der Waals surface area (Å²) < 4.78 is 0. The summed E-state index contributed by atoms with van der Waals surface area (Å²) in [7, 11) is 0. The van der Waals surface area contributed by atoms with Crippen molar-refractivity contribution in [3.8, 4) is 0 Å². The van der Waals surface area contributed by atoms with Gasteiger partial charge in [-0.25, -0.2) is 0 Å². The minimum Gasteiger partial charge on any atom is -0.310 e. The van der Waals surface area contributed by atoms with E-state index in [1.54, 1.807) is 0 Å². The molecule has 10 heteroatoms. The molecule has 4 aromatic rings. The first kappa shape index (κ1) is 30.1. The van der Waals surface area contributed by atoms with Gasteiger partial charge in [-0.15, -0.1) is 0 Å². The van der Waals surface area contributed by atoms with E-state index in [1.807, 2.05) is 0 Å². The molecular weight excluding hydrogens is 524 g/mol. The third-order valence-electron chi connectivity index (χ3n) is 7.53. The van der Waals surface area contributed by atoms with Gasteiger partial charge in [-0.1, -0.05) is 60.7 Å². The van der Waals surface area contributed by atoms with Crippen LogP contribution in [0.1, 0.15) is 33.9 Å². The zero-order valence-electron chi connectivity index (χ0n) is 24.6. The summed E-state index contributed by atoms with van der Waals surface area (Å²) in [5, 5.41) is 29.8. The molecule has 224 valence electrons. The van der Waals surface area contributed by atoms with Gasteiger partial charge in [-0.05, 0) is 23.3 Å². The van der Waals surface area contributed by atoms with Gasteiger partial charge in [0, 0.05) is 103 Å². The maximum atomic E-state index is 4.52. The van der Waals surface area contributed by atoms with Gasteiger partial charge >= 0.3 is 0 Å². The molecule has 42 heavy (non-hydrogen) atoms. The Balaban J connectivity index is 1.17. The second kappa shape index (κ2) is 16.9. The smallest absolute Gasteiger partial charge is 0.0763 e. The van der Waals surface area contributed by atoms with E-state index < -0.39 is 0 Å². The first-order chi connectivity index (χ1) is 20.8. The lowest BCUT2D eigenvalue weighted by Crippen LogP contribution is -2.36. The van der Waals surface area contributed by atoms with Crippen LogP contribution in [0.25, 0.3) is 0 Å². The van der Waals surface area contributed by atoms with Gasteiger partial charge in [0.25, 0.3) is 0 Å². The average Bonchev–Trinajstić information content (AvgIpc) is 3.67. The van der Waals surface area contributed by atoms with Gasteiger partial charge in [0.1, 0.15) is 0 Å². The first-order valence-corrected chi connectivity index (χ1v) is 15.2. The molecule has 3 heterocycles. The number of benzene rings is 2. The Morgan fingerprint density at radius 1 is 0.500 bits per heavy atom. The predicted octanol–water partition coefficient (Wildman–Crippen LogP) is 2.21. The highest BCUT2D eigenvalue weighted by Crippen LogP contribution is 2.06. The molecule has 0 atom stereocenters. The molecule has 1 aliphatic rings. The summed E-state index contributed by atoms with van der Waals surface area (Å²) in [6, 6.07) is 25.7. The number of hydrogen-bond acceptors (Lipinski definition) is 8. The van der Waals surface area contributed by atoms with Crippen LogP contribution >= 0.6 is 0 Å². The number of nitrogens with one attached hydrogen (secondary N) is 6. The molecule has 1 aliphatic heterocycles. The van der Waals surface area contributed by atoms with Crippen molar-refractivity contribution in [3.63, 3.8) is 0 Å². The van der Waals surface area contributed by atoms with Crippen LogP contribution in [0, 0.1) is 0 Å². The molecule has 0 fully saturated rings. The Hall–Kier alpha value is -3.38. The Bertz CT molecular complexity index is 1120. The van der Waals surface area contributed by atoms with Gasteiger partial charge in [0.05, 0.1) is 11.4 Å². The van der Waals surface area contributed by atoms with Crippen LogP contribution in [-0.4, -0.2) is 82.6 Å². The molecular formula is C32H46N10. The molecule has 4 bridgehead atoms. The van der Waals surface area contributed by atoms with Crippen LogP contribution in [0.5, 0.6) is 0 Å². The fourth-order valence-electron chi connectivity index (χ4n) is 5.23. The highest BCUT2D eigenvalue weighted by atomic mass is 15.2. The lowest BCUT2D eigenvalue weighted by molar-refractivity contribution is 0.263. The molecule has 10 nitrogen and oxygen atoms in total. The fourth-order valence-corrected chi connectivity index (χ4v) is 5.23. The molecule has 0 spiro atoms. The van der Waals surface area contributed by atoms with Crippen molar-refractivity contribution in [2.24, 2.45) is 0 Å². The maximum Gasteiger partial charge on any atom is 0.0763 e. The Morgan fingerprint density at radius 2 is 0.881 bits per heavy atom. The minimum absolute atomic E-state index is 0.757. The van der Waals surface area contributed by atoms with Crippen molar-refractivity contribution in [2.75, 3.05) is 52.4 Å². The number of rotatable bonds is 4. The third kappa shape index (κ3) is 10.5. The number of nitrogens with zero attached hydrogens (tertiary/aromatic N) is 4. The molecule has 6 N–H and O–H groups in total. The quantitative estimate of drug-likeness (QED) is 0.222. The van der Waals surface area contributed by atoms with Crippen molar-refractivity contribution < 1.29 is 0 Å². The summed E-state index contributed by atoms with van der Waals surface area (Å²) in [5.41, 5.74) is 7.01. The van der Waals surface area contributed by atoms with Gasteiger partial charge < -0.3 is 21.3 Å². The predicted molar refractivity (Wildman–Crippen MR) is 167 cm³/mol. The summed E-state index contributed by atoms with van der Waals surface area (Å²) in [5.74, 6) is 0. The Kier molecular flexibility index (Phi) is 12.1. The molecule has 0 radical (unpaired) electrons. The number of aromatic nitrogens is 4. The monoisotopic (exact) mass is 570 g/mol. The maximum absolute atomic E-state index is 4.52. The van der Waals surface area contributed by atoms with E-state index in [9.17, 15) is 0 Å². The number of aromatic amines is 2. The minimum atomic E-state index is 0.757. The lowest BCUT2D eigenvalue weighted by atomic mass is 10.2. The SMILES string of the molecule is c1ccc(CN2CCNCc3cc([nH]n3)CNCCN(Cc3ccccc3)CCNCc3cc(n[nH]3)CNCC2)cc1. The van der Waals surface area contributed by atoms with Gasteiger partial charge in [0.2, 0.25) is 0 Å². The molecule has 0 saturated carbocycles. The van der Waals surface area contributed by atoms with Crippen molar-refractivity contribution in [3.05, 3.63) is 107 Å². The molecule has 2 aromatic heterocycles. The Labute approximate surface area is 249 Å². The van der Waals surface area contributed by atoms with E-state index in [2.05, 4.69) is 124 Å². The standard InChI is InChI=1S/C32H46N10/c1-3-7-27(8-4-1)25-41-15-11-33-21-29-19-31(39-37-29)23-35-13-17-42(26-28-9-5-2-6-10-28)18-14-36-24-32-20-30(38-40-32)22-34-12-16-41/h1-10,19-20,33-36H,11-18,21-26H2,(H,37,39)(H,38,40). The molecule has 2 aromatic carbocycles. The van der Waals surface area contributed by atoms with Crippen molar-refractivity contribution in [1.29, 1.82) is 0 Å². The summed E-state index contributed by atoms with van der Waals surface area (Å²) in [4.78, 5) is 4.99. The highest BCUT2D eigenvalue weighted by molar-refractivity contribution is 5.15. The number of H-pyrrole nitrogens is 2. The third-order valence-corrected chi connectivity index (χ3v) is 7.53. The Morgan fingerprint density at radius 3 is 1.29 bits per heavy atom. The van der Waals surface area contributed by atoms with Crippen LogP contribution in [-0.2, 0) is 39.3 Å². The van der Waals surface area contributed by atoms with E-state index in [0.29, 0.717) is 0 Å². The van der Waals surface area contributed by atoms with Crippen LogP contribution < -0.4 is 21.3 Å². The van der Waals surface area contributed by atoms with E-state index in [-0.39, 0.29) is 0 Å². The zero-order valence-corrected chi connectivity index (χ0v) is 24.6. The molecule has 0 aliphatic carbocycles. The van der Waals surface area contributed by atoms with Crippen molar-refractivity contribution >= 4 is 0 Å². The first-order valence-electron chi connectivity index (χ1n) is 15.2. The average molecular weight is 571 g/mol. The van der Waals surface area contributed by atoms with Crippen molar-refractivity contribution in [2.45, 2.75) is 39.3 Å².